The third kappa shape index (κ3) is 3.14. The van der Waals surface area contributed by atoms with Gasteiger partial charge in [0.15, 0.2) is 17.7 Å². The summed E-state index contributed by atoms with van der Waals surface area (Å²) in [6, 6.07) is 0. The summed E-state index contributed by atoms with van der Waals surface area (Å²) >= 11 is 0. The Labute approximate surface area is 136 Å². The zero-order chi connectivity index (χ0) is 17.5. The van der Waals surface area contributed by atoms with Crippen molar-refractivity contribution in [1.29, 1.82) is 0 Å². The standard InChI is InChI=1S/C12H18N5O6P/c1-21-3-6-8(18)9(23-24(2,19)20)12(22-6)17-5-16-7-10(13)14-4-15-11(7)17/h4-6,8-9,12,18H,3H2,1-2H3,(H,19,20)(H2,13,14,15)/t6-,8-,9-,12?/m1/s1. The quantitative estimate of drug-likeness (QED) is 0.596. The lowest BCUT2D eigenvalue weighted by Crippen LogP contribution is -2.35. The maximum Gasteiger partial charge on any atom is 0.325 e. The molecule has 3 rings (SSSR count). The first-order valence-corrected chi connectivity index (χ1v) is 9.08. The smallest absolute Gasteiger partial charge is 0.325 e. The summed E-state index contributed by atoms with van der Waals surface area (Å²) in [4.78, 5) is 21.6. The second-order valence-electron chi connectivity index (χ2n) is 5.47. The summed E-state index contributed by atoms with van der Waals surface area (Å²) in [6.07, 6.45) is -1.29. The van der Waals surface area contributed by atoms with Gasteiger partial charge in [-0.2, -0.15) is 0 Å². The second-order valence-corrected chi connectivity index (χ2v) is 7.28. The topological polar surface area (TPSA) is 155 Å². The van der Waals surface area contributed by atoms with Crippen LogP contribution in [0.4, 0.5) is 5.82 Å². The maximum absolute atomic E-state index is 11.7. The maximum atomic E-state index is 11.7. The van der Waals surface area contributed by atoms with Gasteiger partial charge in [-0.1, -0.05) is 0 Å². The minimum Gasteiger partial charge on any atom is -0.387 e. The first-order chi connectivity index (χ1) is 11.3. The fourth-order valence-corrected chi connectivity index (χ4v) is 3.32. The van der Waals surface area contributed by atoms with Crippen molar-refractivity contribution in [3.8, 4) is 0 Å². The van der Waals surface area contributed by atoms with Gasteiger partial charge in [-0.15, -0.1) is 0 Å². The van der Waals surface area contributed by atoms with E-state index in [9.17, 15) is 14.6 Å². The molecule has 2 aromatic heterocycles. The number of imidazole rings is 1. The van der Waals surface area contributed by atoms with Gasteiger partial charge in [-0.25, -0.2) is 15.0 Å². The highest BCUT2D eigenvalue weighted by Gasteiger charge is 2.48. The number of hydrogen-bond acceptors (Lipinski definition) is 9. The molecule has 2 unspecified atom stereocenters. The zero-order valence-corrected chi connectivity index (χ0v) is 13.9. The molecule has 0 aromatic carbocycles. The van der Waals surface area contributed by atoms with E-state index in [1.165, 1.54) is 24.3 Å². The predicted octanol–water partition coefficient (Wildman–Crippen LogP) is -0.486. The Kier molecular flexibility index (Phi) is 4.56. The number of rotatable bonds is 5. The van der Waals surface area contributed by atoms with E-state index in [1.807, 2.05) is 0 Å². The first kappa shape index (κ1) is 17.2. The molecule has 0 amide bonds. The molecule has 1 aliphatic heterocycles. The molecule has 12 heteroatoms. The van der Waals surface area contributed by atoms with E-state index in [2.05, 4.69) is 15.0 Å². The van der Waals surface area contributed by atoms with Gasteiger partial charge in [0.2, 0.25) is 0 Å². The number of aromatic nitrogens is 4. The molecule has 3 heterocycles. The van der Waals surface area contributed by atoms with Crippen molar-refractivity contribution in [3.63, 3.8) is 0 Å². The van der Waals surface area contributed by atoms with Crippen LogP contribution in [0.25, 0.3) is 11.2 Å². The predicted molar refractivity (Wildman–Crippen MR) is 82.2 cm³/mol. The highest BCUT2D eigenvalue weighted by Crippen LogP contribution is 2.45. The van der Waals surface area contributed by atoms with E-state index in [-0.39, 0.29) is 12.4 Å². The van der Waals surface area contributed by atoms with Crippen LogP contribution in [0.1, 0.15) is 6.23 Å². The van der Waals surface area contributed by atoms with E-state index in [0.29, 0.717) is 11.2 Å². The number of nitrogens with zero attached hydrogens (tertiary/aromatic N) is 4. The van der Waals surface area contributed by atoms with Gasteiger partial charge in [-0.05, 0) is 0 Å². The van der Waals surface area contributed by atoms with Crippen molar-refractivity contribution >= 4 is 24.6 Å². The van der Waals surface area contributed by atoms with Crippen LogP contribution in [-0.2, 0) is 18.6 Å². The summed E-state index contributed by atoms with van der Waals surface area (Å²) < 4.78 is 29.1. The van der Waals surface area contributed by atoms with E-state index in [4.69, 9.17) is 19.7 Å². The fourth-order valence-electron chi connectivity index (χ4n) is 2.64. The van der Waals surface area contributed by atoms with Gasteiger partial charge in [0.1, 0.15) is 30.2 Å². The number of methoxy groups -OCH3 is 1. The summed E-state index contributed by atoms with van der Waals surface area (Å²) in [6.45, 7) is 1.12. The molecule has 0 spiro atoms. The number of hydrogen-bond donors (Lipinski definition) is 3. The molecule has 5 atom stereocenters. The van der Waals surface area contributed by atoms with Crippen molar-refractivity contribution in [2.45, 2.75) is 24.5 Å². The molecule has 0 aliphatic carbocycles. The van der Waals surface area contributed by atoms with E-state index in [0.717, 1.165) is 6.66 Å². The van der Waals surface area contributed by atoms with Crippen molar-refractivity contribution in [2.75, 3.05) is 26.1 Å². The number of nitrogens with two attached hydrogens (primary N) is 1. The number of nitrogen functional groups attached to an aromatic ring is 1. The zero-order valence-electron chi connectivity index (χ0n) is 13.0. The molecule has 11 nitrogen and oxygen atoms in total. The van der Waals surface area contributed by atoms with Crippen molar-refractivity contribution in [2.24, 2.45) is 0 Å². The molecule has 0 bridgehead atoms. The Morgan fingerprint density at radius 3 is 2.88 bits per heavy atom. The van der Waals surface area contributed by atoms with Gasteiger partial charge < -0.3 is 25.2 Å². The van der Waals surface area contributed by atoms with Crippen LogP contribution in [0.2, 0.25) is 0 Å². The van der Waals surface area contributed by atoms with Crippen molar-refractivity contribution in [3.05, 3.63) is 12.7 Å². The number of anilines is 1. The number of ether oxygens (including phenoxy) is 2. The molecule has 132 valence electrons. The average molecular weight is 359 g/mol. The Morgan fingerprint density at radius 2 is 2.21 bits per heavy atom. The fraction of sp³-hybridized carbons (Fsp3) is 0.583. The minimum atomic E-state index is -3.88. The summed E-state index contributed by atoms with van der Waals surface area (Å²) in [5, 5.41) is 10.4. The highest BCUT2D eigenvalue weighted by molar-refractivity contribution is 7.51. The van der Waals surface area contributed by atoms with Crippen LogP contribution in [0.3, 0.4) is 0 Å². The molecule has 2 aromatic rings. The summed E-state index contributed by atoms with van der Waals surface area (Å²) in [5.74, 6) is 0.187. The molecule has 1 saturated heterocycles. The number of aliphatic hydroxyl groups is 1. The third-order valence-electron chi connectivity index (χ3n) is 3.62. The van der Waals surface area contributed by atoms with Crippen LogP contribution in [0.5, 0.6) is 0 Å². The van der Waals surface area contributed by atoms with Gasteiger partial charge in [0, 0.05) is 13.8 Å². The van der Waals surface area contributed by atoms with Crippen molar-refractivity contribution < 1.29 is 28.6 Å². The summed E-state index contributed by atoms with van der Waals surface area (Å²) in [5.41, 5.74) is 6.47. The summed E-state index contributed by atoms with van der Waals surface area (Å²) in [7, 11) is -2.42. The SMILES string of the molecule is COC[C@H]1OC(n2cnc3c(N)ncnc32)[C@H](OP(C)(=O)O)[C@@H]1O. The molecular weight excluding hydrogens is 341 g/mol. The van der Waals surface area contributed by atoms with Gasteiger partial charge >= 0.3 is 7.60 Å². The third-order valence-corrected chi connectivity index (χ3v) is 4.26. The van der Waals surface area contributed by atoms with E-state index < -0.39 is 32.1 Å². The Morgan fingerprint density at radius 1 is 1.46 bits per heavy atom. The largest absolute Gasteiger partial charge is 0.387 e. The molecule has 0 radical (unpaired) electrons. The van der Waals surface area contributed by atoms with E-state index >= 15 is 0 Å². The lowest BCUT2D eigenvalue weighted by Gasteiger charge is -2.22. The lowest BCUT2D eigenvalue weighted by atomic mass is 10.1. The van der Waals surface area contributed by atoms with Crippen LogP contribution in [-0.4, -0.2) is 68.2 Å². The molecule has 4 N–H and O–H groups in total. The number of fused-ring (bicyclic) bond motifs is 1. The monoisotopic (exact) mass is 359 g/mol. The Bertz CT molecular complexity index is 778. The molecule has 0 saturated carbocycles. The molecule has 1 aliphatic rings. The Balaban J connectivity index is 2.01. The molecular formula is C12H18N5O6P. The van der Waals surface area contributed by atoms with Gasteiger partial charge in [-0.3, -0.25) is 13.7 Å². The normalized spacial score (nSPS) is 29.8. The first-order valence-electron chi connectivity index (χ1n) is 7.06. The second kappa shape index (κ2) is 6.36. The van der Waals surface area contributed by atoms with Crippen LogP contribution in [0, 0.1) is 0 Å². The van der Waals surface area contributed by atoms with Gasteiger partial charge in [0.05, 0.1) is 12.9 Å². The average Bonchev–Trinajstić information content (AvgIpc) is 3.04. The molecule has 1 fully saturated rings. The Hall–Kier alpha value is -1.62. The molecule has 24 heavy (non-hydrogen) atoms. The minimum absolute atomic E-state index is 0.0841. The van der Waals surface area contributed by atoms with Crippen LogP contribution in [0.15, 0.2) is 12.7 Å². The van der Waals surface area contributed by atoms with Crippen LogP contribution < -0.4 is 5.73 Å². The van der Waals surface area contributed by atoms with Crippen LogP contribution >= 0.6 is 7.60 Å². The lowest BCUT2D eigenvalue weighted by molar-refractivity contribution is -0.0566. The number of aliphatic hydroxyl groups excluding tert-OH is 1. The van der Waals surface area contributed by atoms with Crippen molar-refractivity contribution in [1.82, 2.24) is 19.5 Å². The van der Waals surface area contributed by atoms with E-state index in [1.54, 1.807) is 0 Å². The van der Waals surface area contributed by atoms with Gasteiger partial charge in [0.25, 0.3) is 0 Å². The highest BCUT2D eigenvalue weighted by atomic mass is 31.2.